The van der Waals surface area contributed by atoms with E-state index in [4.69, 9.17) is 10.5 Å². The van der Waals surface area contributed by atoms with Gasteiger partial charge in [0.25, 0.3) is 0 Å². The van der Waals surface area contributed by atoms with E-state index in [0.717, 1.165) is 44.8 Å². The molecule has 0 heterocycles. The van der Waals surface area contributed by atoms with Crippen LogP contribution >= 0.6 is 0 Å². The van der Waals surface area contributed by atoms with Gasteiger partial charge < -0.3 is 15.8 Å². The molecule has 2 rings (SSSR count). The average molecular weight is 296 g/mol. The fraction of sp³-hybridized carbons (Fsp3) is 0.941. The van der Waals surface area contributed by atoms with Crippen molar-refractivity contribution in [3.63, 3.8) is 0 Å². The van der Waals surface area contributed by atoms with Gasteiger partial charge in [0.15, 0.2) is 0 Å². The SMILES string of the molecule is CC(C)NC1(C(N)=O)CCCC1CCOCCC1CCC1. The fourth-order valence-corrected chi connectivity index (χ4v) is 3.93. The molecule has 2 aliphatic rings. The highest BCUT2D eigenvalue weighted by Crippen LogP contribution is 2.38. The van der Waals surface area contributed by atoms with Gasteiger partial charge in [0.05, 0.1) is 0 Å². The molecule has 4 heteroatoms. The van der Waals surface area contributed by atoms with Gasteiger partial charge in [-0.1, -0.05) is 25.7 Å². The summed E-state index contributed by atoms with van der Waals surface area (Å²) >= 11 is 0. The van der Waals surface area contributed by atoms with Crippen molar-refractivity contribution in [2.45, 2.75) is 76.8 Å². The van der Waals surface area contributed by atoms with Crippen molar-refractivity contribution in [3.8, 4) is 0 Å². The third kappa shape index (κ3) is 4.19. The number of ether oxygens (including phenoxy) is 1. The van der Waals surface area contributed by atoms with Gasteiger partial charge in [0.2, 0.25) is 5.91 Å². The molecular weight excluding hydrogens is 264 g/mol. The summed E-state index contributed by atoms with van der Waals surface area (Å²) in [5.41, 5.74) is 5.22. The van der Waals surface area contributed by atoms with Crippen molar-refractivity contribution >= 4 is 5.91 Å². The first-order chi connectivity index (χ1) is 10.0. The molecule has 0 aromatic rings. The smallest absolute Gasteiger partial charge is 0.238 e. The van der Waals surface area contributed by atoms with Crippen molar-refractivity contribution in [2.75, 3.05) is 13.2 Å². The van der Waals surface area contributed by atoms with E-state index < -0.39 is 5.54 Å². The molecule has 2 aliphatic carbocycles. The van der Waals surface area contributed by atoms with E-state index in [1.807, 2.05) is 0 Å². The van der Waals surface area contributed by atoms with Crippen LogP contribution < -0.4 is 11.1 Å². The number of hydrogen-bond donors (Lipinski definition) is 2. The third-order valence-electron chi connectivity index (χ3n) is 5.31. The van der Waals surface area contributed by atoms with Crippen molar-refractivity contribution in [1.82, 2.24) is 5.32 Å². The molecule has 3 N–H and O–H groups in total. The zero-order chi connectivity index (χ0) is 15.3. The molecule has 0 aromatic carbocycles. The Morgan fingerprint density at radius 1 is 1.24 bits per heavy atom. The molecular formula is C17H32N2O2. The molecule has 0 spiro atoms. The van der Waals surface area contributed by atoms with E-state index in [-0.39, 0.29) is 11.9 Å². The van der Waals surface area contributed by atoms with Crippen molar-refractivity contribution in [1.29, 1.82) is 0 Å². The highest BCUT2D eigenvalue weighted by Gasteiger charge is 2.47. The number of hydrogen-bond acceptors (Lipinski definition) is 3. The van der Waals surface area contributed by atoms with E-state index in [0.29, 0.717) is 5.92 Å². The molecule has 0 radical (unpaired) electrons. The van der Waals surface area contributed by atoms with Gasteiger partial charge in [-0.25, -0.2) is 0 Å². The molecule has 0 aromatic heterocycles. The van der Waals surface area contributed by atoms with Crippen LogP contribution in [0.15, 0.2) is 0 Å². The van der Waals surface area contributed by atoms with Crippen LogP contribution in [0.5, 0.6) is 0 Å². The minimum absolute atomic E-state index is 0.187. The second kappa shape index (κ2) is 7.59. The number of carbonyl (C=O) groups is 1. The highest BCUT2D eigenvalue weighted by molar-refractivity contribution is 5.85. The van der Waals surface area contributed by atoms with Gasteiger partial charge in [0, 0.05) is 19.3 Å². The Bertz CT molecular complexity index is 342. The summed E-state index contributed by atoms with van der Waals surface area (Å²) < 4.78 is 5.80. The maximum atomic E-state index is 12.0. The Morgan fingerprint density at radius 2 is 1.95 bits per heavy atom. The second-order valence-electron chi connectivity index (χ2n) is 7.21. The van der Waals surface area contributed by atoms with Crippen LogP contribution in [0, 0.1) is 11.8 Å². The van der Waals surface area contributed by atoms with E-state index in [2.05, 4.69) is 19.2 Å². The molecule has 0 bridgehead atoms. The largest absolute Gasteiger partial charge is 0.381 e. The van der Waals surface area contributed by atoms with Gasteiger partial charge >= 0.3 is 0 Å². The van der Waals surface area contributed by atoms with Crippen molar-refractivity contribution in [2.24, 2.45) is 17.6 Å². The summed E-state index contributed by atoms with van der Waals surface area (Å²) in [6.07, 6.45) is 9.33. The lowest BCUT2D eigenvalue weighted by Gasteiger charge is -2.35. The Labute approximate surface area is 129 Å². The average Bonchev–Trinajstić information content (AvgIpc) is 2.75. The van der Waals surface area contributed by atoms with E-state index in [1.54, 1.807) is 0 Å². The van der Waals surface area contributed by atoms with Crippen LogP contribution in [-0.2, 0) is 9.53 Å². The Kier molecular flexibility index (Phi) is 6.06. The van der Waals surface area contributed by atoms with Crippen LogP contribution in [0.4, 0.5) is 0 Å². The summed E-state index contributed by atoms with van der Waals surface area (Å²) in [5.74, 6) is 1.04. The van der Waals surface area contributed by atoms with E-state index >= 15 is 0 Å². The summed E-state index contributed by atoms with van der Waals surface area (Å²) in [4.78, 5) is 12.0. The number of carbonyl (C=O) groups excluding carboxylic acids is 1. The summed E-state index contributed by atoms with van der Waals surface area (Å²) in [7, 11) is 0. The van der Waals surface area contributed by atoms with Gasteiger partial charge in [-0.15, -0.1) is 0 Å². The highest BCUT2D eigenvalue weighted by atomic mass is 16.5. The first kappa shape index (κ1) is 16.8. The zero-order valence-electron chi connectivity index (χ0n) is 13.7. The molecule has 4 nitrogen and oxygen atoms in total. The Morgan fingerprint density at radius 3 is 2.52 bits per heavy atom. The Hall–Kier alpha value is -0.610. The van der Waals surface area contributed by atoms with Gasteiger partial charge in [-0.3, -0.25) is 4.79 Å². The normalized spacial score (nSPS) is 29.8. The zero-order valence-corrected chi connectivity index (χ0v) is 13.7. The number of amides is 1. The standard InChI is InChI=1S/C17H32N2O2/c1-13(2)19-17(16(18)20)10-4-7-15(17)9-12-21-11-8-14-5-3-6-14/h13-15,19H,3-12H2,1-2H3,(H2,18,20). The summed E-state index contributed by atoms with van der Waals surface area (Å²) in [6, 6.07) is 0.276. The minimum Gasteiger partial charge on any atom is -0.381 e. The molecule has 2 saturated carbocycles. The molecule has 1 amide bonds. The quantitative estimate of drug-likeness (QED) is 0.643. The van der Waals surface area contributed by atoms with Crippen LogP contribution in [0.3, 0.4) is 0 Å². The van der Waals surface area contributed by atoms with Crippen LogP contribution in [0.2, 0.25) is 0 Å². The lowest BCUT2D eigenvalue weighted by molar-refractivity contribution is -0.126. The fourth-order valence-electron chi connectivity index (χ4n) is 3.93. The van der Waals surface area contributed by atoms with Gasteiger partial charge in [-0.2, -0.15) is 0 Å². The molecule has 2 fully saturated rings. The first-order valence-electron chi connectivity index (χ1n) is 8.70. The summed E-state index contributed by atoms with van der Waals surface area (Å²) in [6.45, 7) is 5.79. The van der Waals surface area contributed by atoms with Gasteiger partial charge in [0.1, 0.15) is 5.54 Å². The molecule has 21 heavy (non-hydrogen) atoms. The first-order valence-corrected chi connectivity index (χ1v) is 8.70. The van der Waals surface area contributed by atoms with Crippen molar-refractivity contribution in [3.05, 3.63) is 0 Å². The van der Waals surface area contributed by atoms with Crippen LogP contribution in [0.25, 0.3) is 0 Å². The third-order valence-corrected chi connectivity index (χ3v) is 5.31. The van der Waals surface area contributed by atoms with E-state index in [9.17, 15) is 4.79 Å². The topological polar surface area (TPSA) is 64.3 Å². The molecule has 122 valence electrons. The lowest BCUT2D eigenvalue weighted by Crippen LogP contribution is -2.60. The lowest BCUT2D eigenvalue weighted by atomic mass is 9.83. The van der Waals surface area contributed by atoms with E-state index in [1.165, 1.54) is 25.7 Å². The number of primary amides is 1. The summed E-state index contributed by atoms with van der Waals surface area (Å²) in [5, 5.41) is 3.45. The molecule has 2 atom stereocenters. The number of nitrogens with one attached hydrogen (secondary N) is 1. The molecule has 0 saturated heterocycles. The monoisotopic (exact) mass is 296 g/mol. The number of nitrogens with two attached hydrogens (primary N) is 1. The second-order valence-corrected chi connectivity index (χ2v) is 7.21. The van der Waals surface area contributed by atoms with Crippen LogP contribution in [-0.4, -0.2) is 30.7 Å². The van der Waals surface area contributed by atoms with Crippen LogP contribution in [0.1, 0.15) is 65.2 Å². The molecule has 0 aliphatic heterocycles. The predicted molar refractivity (Wildman–Crippen MR) is 84.9 cm³/mol. The Balaban J connectivity index is 1.75. The number of rotatable bonds is 9. The van der Waals surface area contributed by atoms with Crippen molar-refractivity contribution < 1.29 is 9.53 Å². The maximum absolute atomic E-state index is 12.0. The van der Waals surface area contributed by atoms with Gasteiger partial charge in [-0.05, 0) is 51.4 Å². The predicted octanol–water partition coefficient (Wildman–Crippen LogP) is 2.61. The molecule has 2 unspecified atom stereocenters. The minimum atomic E-state index is -0.508. The maximum Gasteiger partial charge on any atom is 0.238 e.